The molecule has 0 aliphatic rings. The molecule has 0 saturated carbocycles. The number of carbonyl (C=O) groups is 2. The predicted molar refractivity (Wildman–Crippen MR) is 141 cm³/mol. The van der Waals surface area contributed by atoms with Crippen molar-refractivity contribution in [3.8, 4) is 17.6 Å². The molecule has 0 aliphatic heterocycles. The quantitative estimate of drug-likeness (QED) is 0.278. The molecule has 8 heteroatoms. The van der Waals surface area contributed by atoms with Crippen LogP contribution in [0.25, 0.3) is 10.9 Å². The average molecular weight is 497 g/mol. The molecule has 5 N–H and O–H groups in total. The van der Waals surface area contributed by atoms with E-state index in [4.69, 9.17) is 10.5 Å². The van der Waals surface area contributed by atoms with Gasteiger partial charge in [0.05, 0.1) is 29.9 Å². The van der Waals surface area contributed by atoms with Gasteiger partial charge in [0.2, 0.25) is 5.91 Å². The lowest BCUT2D eigenvalue weighted by Crippen LogP contribution is -2.39. The molecule has 0 spiro atoms. The van der Waals surface area contributed by atoms with E-state index in [-0.39, 0.29) is 24.2 Å². The molecule has 0 aliphatic carbocycles. The third-order valence-corrected chi connectivity index (χ3v) is 5.66. The average Bonchev–Trinajstić information content (AvgIpc) is 3.30. The van der Waals surface area contributed by atoms with Crippen LogP contribution in [0.2, 0.25) is 0 Å². The van der Waals surface area contributed by atoms with Gasteiger partial charge in [-0.3, -0.25) is 14.6 Å². The summed E-state index contributed by atoms with van der Waals surface area (Å²) in [5.74, 6) is 5.39. The second-order valence-corrected chi connectivity index (χ2v) is 8.87. The van der Waals surface area contributed by atoms with Crippen LogP contribution in [0, 0.1) is 11.8 Å². The topological polar surface area (TPSA) is 130 Å². The molecule has 0 saturated heterocycles. The summed E-state index contributed by atoms with van der Waals surface area (Å²) in [5, 5.41) is 14.0. The molecule has 4 aromatic rings. The van der Waals surface area contributed by atoms with Gasteiger partial charge in [-0.1, -0.05) is 30.0 Å². The number of carbonyl (C=O) groups excluding carboxylic acids is 2. The van der Waals surface area contributed by atoms with Crippen LogP contribution in [0.4, 0.5) is 0 Å². The van der Waals surface area contributed by atoms with Crippen LogP contribution >= 0.6 is 0 Å². The zero-order valence-corrected chi connectivity index (χ0v) is 20.6. The first-order valence-corrected chi connectivity index (χ1v) is 11.9. The number of hydrogen-bond donors (Lipinski definition) is 4. The summed E-state index contributed by atoms with van der Waals surface area (Å²) in [6, 6.07) is 14.0. The number of hydrogen-bond acceptors (Lipinski definition) is 5. The Balaban J connectivity index is 1.58. The fourth-order valence-corrected chi connectivity index (χ4v) is 3.92. The first kappa shape index (κ1) is 25.5. The van der Waals surface area contributed by atoms with E-state index in [9.17, 15) is 14.7 Å². The van der Waals surface area contributed by atoms with Crippen molar-refractivity contribution in [2.24, 2.45) is 5.73 Å². The lowest BCUT2D eigenvalue weighted by molar-refractivity contribution is 0.0910. The molecular formula is C29H28N4O4. The highest BCUT2D eigenvalue weighted by atomic mass is 16.5. The molecule has 2 heterocycles. The Morgan fingerprint density at radius 2 is 1.89 bits per heavy atom. The van der Waals surface area contributed by atoms with Gasteiger partial charge in [-0.2, -0.15) is 0 Å². The van der Waals surface area contributed by atoms with Crippen LogP contribution in [-0.2, 0) is 6.42 Å². The van der Waals surface area contributed by atoms with Crippen LogP contribution in [-0.4, -0.2) is 45.6 Å². The second-order valence-electron chi connectivity index (χ2n) is 8.87. The number of nitrogens with zero attached hydrogens (tertiary/aromatic N) is 1. The smallest absolute Gasteiger partial charge is 0.255 e. The van der Waals surface area contributed by atoms with Gasteiger partial charge in [-0.05, 0) is 56.2 Å². The normalized spacial score (nSPS) is 11.6. The van der Waals surface area contributed by atoms with E-state index in [1.54, 1.807) is 24.3 Å². The third kappa shape index (κ3) is 6.34. The molecule has 4 rings (SSSR count). The van der Waals surface area contributed by atoms with Crippen molar-refractivity contribution in [3.63, 3.8) is 0 Å². The van der Waals surface area contributed by atoms with E-state index in [2.05, 4.69) is 27.1 Å². The van der Waals surface area contributed by atoms with Gasteiger partial charge in [0.1, 0.15) is 5.75 Å². The molecule has 0 bridgehead atoms. The van der Waals surface area contributed by atoms with Gasteiger partial charge < -0.3 is 25.9 Å². The molecule has 37 heavy (non-hydrogen) atoms. The minimum atomic E-state index is -0.587. The van der Waals surface area contributed by atoms with Gasteiger partial charge in [0.25, 0.3) is 5.91 Å². The fraction of sp³-hybridized carbons (Fsp3) is 0.207. The number of nitrogens with one attached hydrogen (secondary N) is 2. The maximum absolute atomic E-state index is 13.3. The Morgan fingerprint density at radius 1 is 1.11 bits per heavy atom. The largest absolute Gasteiger partial charge is 0.490 e. The zero-order chi connectivity index (χ0) is 26.4. The number of ether oxygens (including phenoxy) is 1. The van der Waals surface area contributed by atoms with E-state index >= 15 is 0 Å². The molecule has 2 amide bonds. The maximum atomic E-state index is 13.3. The Bertz CT molecular complexity index is 1500. The maximum Gasteiger partial charge on any atom is 0.255 e. The van der Waals surface area contributed by atoms with Gasteiger partial charge in [0.15, 0.2) is 0 Å². The number of para-hydroxylation sites is 1. The second kappa shape index (κ2) is 11.4. The minimum absolute atomic E-state index is 0.147. The number of aliphatic hydroxyl groups is 1. The summed E-state index contributed by atoms with van der Waals surface area (Å²) in [4.78, 5) is 31.9. The number of H-pyrrole nitrogens is 1. The predicted octanol–water partition coefficient (Wildman–Crippen LogP) is 3.18. The van der Waals surface area contributed by atoms with E-state index in [0.29, 0.717) is 28.9 Å². The number of rotatable bonds is 8. The van der Waals surface area contributed by atoms with Crippen LogP contribution < -0.4 is 15.8 Å². The Hall–Kier alpha value is -4.61. The summed E-state index contributed by atoms with van der Waals surface area (Å²) in [6.45, 7) is 3.53. The van der Waals surface area contributed by atoms with Crippen LogP contribution in [0.5, 0.6) is 5.75 Å². The fourth-order valence-electron chi connectivity index (χ4n) is 3.92. The SMILES string of the molecule is CC(C)Oc1ccc(C#Cc2cncc(C(N)=O)c2)cc1C(=O)N[C@@H](CO)Cc1c[nH]c2ccccc12. The molecule has 0 fully saturated rings. The van der Waals surface area contributed by atoms with E-state index in [0.717, 1.165) is 16.5 Å². The molecule has 2 aromatic heterocycles. The van der Waals surface area contributed by atoms with Gasteiger partial charge >= 0.3 is 0 Å². The highest BCUT2D eigenvalue weighted by Gasteiger charge is 2.19. The first-order valence-electron chi connectivity index (χ1n) is 11.9. The third-order valence-electron chi connectivity index (χ3n) is 5.66. The number of aliphatic hydroxyl groups excluding tert-OH is 1. The number of primary amides is 1. The standard InChI is InChI=1S/C29H28N4O4/c1-18(2)37-27-10-9-19(7-8-20-11-22(28(30)35)15-31-14-20)12-25(27)29(36)33-23(17-34)13-21-16-32-26-6-4-3-5-24(21)26/h3-6,9-12,14-16,18,23,32,34H,13,17H2,1-2H3,(H2,30,35)(H,33,36)/t23-/m1/s1. The van der Waals surface area contributed by atoms with E-state index < -0.39 is 11.9 Å². The van der Waals surface area contributed by atoms with Gasteiger partial charge in [-0.15, -0.1) is 0 Å². The van der Waals surface area contributed by atoms with Crippen molar-refractivity contribution >= 4 is 22.7 Å². The van der Waals surface area contributed by atoms with Crippen molar-refractivity contribution in [2.45, 2.75) is 32.4 Å². The van der Waals surface area contributed by atoms with Crippen molar-refractivity contribution in [1.82, 2.24) is 15.3 Å². The highest BCUT2D eigenvalue weighted by Crippen LogP contribution is 2.23. The molecule has 0 radical (unpaired) electrons. The molecule has 2 aromatic carbocycles. The van der Waals surface area contributed by atoms with Crippen molar-refractivity contribution < 1.29 is 19.4 Å². The van der Waals surface area contributed by atoms with Gasteiger partial charge in [0, 0.05) is 40.6 Å². The van der Waals surface area contributed by atoms with Crippen LogP contribution in [0.3, 0.4) is 0 Å². The van der Waals surface area contributed by atoms with Crippen LogP contribution in [0.1, 0.15) is 51.3 Å². The molecular weight excluding hydrogens is 468 g/mol. The first-order chi connectivity index (χ1) is 17.8. The number of amides is 2. The summed E-state index contributed by atoms with van der Waals surface area (Å²) in [7, 11) is 0. The lowest BCUT2D eigenvalue weighted by Gasteiger charge is -2.19. The number of pyridine rings is 1. The summed E-state index contributed by atoms with van der Waals surface area (Å²) >= 11 is 0. The minimum Gasteiger partial charge on any atom is -0.490 e. The van der Waals surface area contributed by atoms with Gasteiger partial charge in [-0.25, -0.2) is 0 Å². The monoisotopic (exact) mass is 496 g/mol. The molecule has 0 unspecified atom stereocenters. The van der Waals surface area contributed by atoms with Crippen molar-refractivity contribution in [3.05, 3.63) is 94.9 Å². The Labute approximate surface area is 214 Å². The van der Waals surface area contributed by atoms with Crippen molar-refractivity contribution in [1.29, 1.82) is 0 Å². The van der Waals surface area contributed by atoms with Crippen LogP contribution in [0.15, 0.2) is 67.1 Å². The molecule has 1 atom stereocenters. The summed E-state index contributed by atoms with van der Waals surface area (Å²) < 4.78 is 5.87. The number of nitrogens with two attached hydrogens (primary N) is 1. The molecule has 188 valence electrons. The van der Waals surface area contributed by atoms with E-state index in [1.165, 1.54) is 12.4 Å². The number of aromatic nitrogens is 2. The number of aromatic amines is 1. The summed E-state index contributed by atoms with van der Waals surface area (Å²) in [5.41, 5.74) is 8.97. The number of benzene rings is 2. The zero-order valence-electron chi connectivity index (χ0n) is 20.6. The lowest BCUT2D eigenvalue weighted by atomic mass is 10.0. The van der Waals surface area contributed by atoms with E-state index in [1.807, 2.05) is 44.3 Å². The Kier molecular flexibility index (Phi) is 7.86. The summed E-state index contributed by atoms with van der Waals surface area (Å²) in [6.07, 6.45) is 5.10. The Morgan fingerprint density at radius 3 is 2.65 bits per heavy atom. The number of fused-ring (bicyclic) bond motifs is 1. The van der Waals surface area contributed by atoms with Crippen molar-refractivity contribution in [2.75, 3.05) is 6.61 Å². The highest BCUT2D eigenvalue weighted by molar-refractivity contribution is 5.97. The molecule has 8 nitrogen and oxygen atoms in total.